The minimum Gasteiger partial charge on any atom is -0.489 e. The topological polar surface area (TPSA) is 85.4 Å². The molecule has 0 spiro atoms. The van der Waals surface area contributed by atoms with Crippen molar-refractivity contribution in [3.05, 3.63) is 46.5 Å². The Morgan fingerprint density at radius 1 is 1.16 bits per heavy atom. The van der Waals surface area contributed by atoms with Gasteiger partial charge < -0.3 is 20.1 Å². The highest BCUT2D eigenvalue weighted by Crippen LogP contribution is 2.35. The molecular formula is C19H15Cl2F3N4O3. The fraction of sp³-hybridized carbons (Fsp3) is 0.211. The van der Waals surface area contributed by atoms with Crippen LogP contribution in [0.5, 0.6) is 5.75 Å². The molecule has 7 nitrogen and oxygen atoms in total. The number of rotatable bonds is 8. The molecule has 0 aliphatic rings. The Balaban J connectivity index is 1.97. The molecule has 3 aromatic rings. The molecule has 2 aromatic carbocycles. The summed E-state index contributed by atoms with van der Waals surface area (Å²) in [6, 6.07) is 5.82. The van der Waals surface area contributed by atoms with E-state index in [-0.39, 0.29) is 46.2 Å². The standard InChI is InChI=1S/C19H15Cl2F3N4O3/c1-9(29)27-14-6-10-13(7-15(14)30-4-5-31-19(23)24)25-8-26-18(10)28-12-3-2-11(20)16(21)17(12)22/h2-3,6-8,19H,4-5H2,1H3,(H,27,29)(H,25,26,28). The van der Waals surface area contributed by atoms with Gasteiger partial charge in [0.15, 0.2) is 5.82 Å². The van der Waals surface area contributed by atoms with Crippen molar-refractivity contribution in [2.45, 2.75) is 13.5 Å². The van der Waals surface area contributed by atoms with E-state index in [1.165, 1.54) is 37.5 Å². The Morgan fingerprint density at radius 2 is 1.94 bits per heavy atom. The molecule has 0 saturated carbocycles. The van der Waals surface area contributed by atoms with Crippen molar-refractivity contribution in [2.24, 2.45) is 0 Å². The zero-order chi connectivity index (χ0) is 22.5. The summed E-state index contributed by atoms with van der Waals surface area (Å²) in [5.41, 5.74) is 0.654. The molecule has 1 aromatic heterocycles. The molecule has 12 heteroatoms. The molecule has 1 heterocycles. The van der Waals surface area contributed by atoms with Crippen molar-refractivity contribution in [3.63, 3.8) is 0 Å². The van der Waals surface area contributed by atoms with Gasteiger partial charge in [0.2, 0.25) is 5.91 Å². The molecule has 3 rings (SSSR count). The SMILES string of the molecule is CC(=O)Nc1cc2c(Nc3ccc(Cl)c(Cl)c3F)ncnc2cc1OCCOC(F)F. The van der Waals surface area contributed by atoms with Gasteiger partial charge in [0.05, 0.1) is 33.5 Å². The van der Waals surface area contributed by atoms with Gasteiger partial charge in [-0.3, -0.25) is 4.79 Å². The van der Waals surface area contributed by atoms with Gasteiger partial charge in [-0.05, 0) is 18.2 Å². The van der Waals surface area contributed by atoms with E-state index in [1.54, 1.807) is 0 Å². The first kappa shape index (κ1) is 22.9. The van der Waals surface area contributed by atoms with Gasteiger partial charge in [0, 0.05) is 18.4 Å². The lowest BCUT2D eigenvalue weighted by molar-refractivity contribution is -0.133. The van der Waals surface area contributed by atoms with Crippen LogP contribution in [0.1, 0.15) is 6.92 Å². The summed E-state index contributed by atoms with van der Waals surface area (Å²) in [6.45, 7) is -2.17. The normalized spacial score (nSPS) is 11.1. The highest BCUT2D eigenvalue weighted by atomic mass is 35.5. The average molecular weight is 475 g/mol. The number of nitrogens with zero attached hydrogens (tertiary/aromatic N) is 2. The number of nitrogens with one attached hydrogen (secondary N) is 2. The Kier molecular flexibility index (Phi) is 7.37. The Hall–Kier alpha value is -2.82. The largest absolute Gasteiger partial charge is 0.489 e. The van der Waals surface area contributed by atoms with Crippen LogP contribution in [0.2, 0.25) is 10.0 Å². The van der Waals surface area contributed by atoms with Crippen LogP contribution in [0.15, 0.2) is 30.6 Å². The maximum atomic E-state index is 14.4. The van der Waals surface area contributed by atoms with E-state index in [2.05, 4.69) is 25.3 Å². The number of carbonyl (C=O) groups excluding carboxylic acids is 1. The molecule has 2 N–H and O–H groups in total. The van der Waals surface area contributed by atoms with Gasteiger partial charge in [-0.1, -0.05) is 23.2 Å². The molecule has 0 atom stereocenters. The molecule has 31 heavy (non-hydrogen) atoms. The number of hydrogen-bond donors (Lipinski definition) is 2. The fourth-order valence-corrected chi connectivity index (χ4v) is 2.94. The van der Waals surface area contributed by atoms with Crippen LogP contribution in [-0.2, 0) is 9.53 Å². The van der Waals surface area contributed by atoms with Crippen LogP contribution >= 0.6 is 23.2 Å². The summed E-state index contributed by atoms with van der Waals surface area (Å²) in [5, 5.41) is 5.64. The van der Waals surface area contributed by atoms with Crippen molar-refractivity contribution in [1.82, 2.24) is 9.97 Å². The molecule has 0 saturated heterocycles. The summed E-state index contributed by atoms with van der Waals surface area (Å²) < 4.78 is 48.3. The zero-order valence-corrected chi connectivity index (χ0v) is 17.4. The number of fused-ring (bicyclic) bond motifs is 1. The van der Waals surface area contributed by atoms with Crippen LogP contribution in [0.4, 0.5) is 30.4 Å². The molecule has 164 valence electrons. The van der Waals surface area contributed by atoms with Crippen molar-refractivity contribution in [2.75, 3.05) is 23.8 Å². The number of carbonyl (C=O) groups is 1. The van der Waals surface area contributed by atoms with Crippen molar-refractivity contribution in [3.8, 4) is 5.75 Å². The summed E-state index contributed by atoms with van der Waals surface area (Å²) in [6.07, 6.45) is 1.24. The first-order chi connectivity index (χ1) is 14.8. The third-order valence-electron chi connectivity index (χ3n) is 3.92. The summed E-state index contributed by atoms with van der Waals surface area (Å²) >= 11 is 11.7. The maximum Gasteiger partial charge on any atom is 0.345 e. The van der Waals surface area contributed by atoms with Crippen LogP contribution in [0.25, 0.3) is 10.9 Å². The summed E-state index contributed by atoms with van der Waals surface area (Å²) in [5.74, 6) is -0.746. The number of amides is 1. The second kappa shape index (κ2) is 9.99. The van der Waals surface area contributed by atoms with E-state index in [0.717, 1.165) is 0 Å². The van der Waals surface area contributed by atoms with Crippen molar-refractivity contribution < 1.29 is 27.4 Å². The second-order valence-corrected chi connectivity index (χ2v) is 6.88. The molecule has 0 aliphatic heterocycles. The number of ether oxygens (including phenoxy) is 2. The molecule has 0 bridgehead atoms. The number of hydrogen-bond acceptors (Lipinski definition) is 6. The summed E-state index contributed by atoms with van der Waals surface area (Å²) in [4.78, 5) is 19.9. The third-order valence-corrected chi connectivity index (χ3v) is 4.70. The minimum atomic E-state index is -2.92. The first-order valence-electron chi connectivity index (χ1n) is 8.75. The van der Waals surface area contributed by atoms with Gasteiger partial charge in [0.1, 0.15) is 24.5 Å². The van der Waals surface area contributed by atoms with Gasteiger partial charge in [0.25, 0.3) is 0 Å². The maximum absolute atomic E-state index is 14.4. The quantitative estimate of drug-likeness (QED) is 0.336. The number of anilines is 3. The van der Waals surface area contributed by atoms with Crippen LogP contribution in [0.3, 0.4) is 0 Å². The van der Waals surface area contributed by atoms with Gasteiger partial charge in [-0.2, -0.15) is 8.78 Å². The van der Waals surface area contributed by atoms with E-state index in [9.17, 15) is 18.0 Å². The van der Waals surface area contributed by atoms with Gasteiger partial charge >= 0.3 is 6.61 Å². The third kappa shape index (κ3) is 5.66. The van der Waals surface area contributed by atoms with E-state index in [1.807, 2.05) is 0 Å². The number of aromatic nitrogens is 2. The molecule has 0 radical (unpaired) electrons. The predicted molar refractivity (Wildman–Crippen MR) is 111 cm³/mol. The van der Waals surface area contributed by atoms with Crippen LogP contribution in [-0.4, -0.2) is 35.7 Å². The van der Waals surface area contributed by atoms with E-state index >= 15 is 0 Å². The number of benzene rings is 2. The average Bonchev–Trinajstić information content (AvgIpc) is 2.71. The van der Waals surface area contributed by atoms with E-state index < -0.39 is 18.3 Å². The molecule has 0 aliphatic carbocycles. The lowest BCUT2D eigenvalue weighted by atomic mass is 10.1. The highest BCUT2D eigenvalue weighted by Gasteiger charge is 2.15. The Bertz CT molecular complexity index is 1120. The fourth-order valence-electron chi connectivity index (χ4n) is 2.63. The van der Waals surface area contributed by atoms with Crippen LogP contribution < -0.4 is 15.4 Å². The Labute approximate surface area is 184 Å². The monoisotopic (exact) mass is 474 g/mol. The predicted octanol–water partition coefficient (Wildman–Crippen LogP) is 5.40. The van der Waals surface area contributed by atoms with Gasteiger partial charge in [-0.25, -0.2) is 14.4 Å². The van der Waals surface area contributed by atoms with Crippen molar-refractivity contribution in [1.29, 1.82) is 0 Å². The number of alkyl halides is 2. The highest BCUT2D eigenvalue weighted by molar-refractivity contribution is 6.42. The zero-order valence-electron chi connectivity index (χ0n) is 15.9. The molecule has 0 fully saturated rings. The molecule has 0 unspecified atom stereocenters. The lowest BCUT2D eigenvalue weighted by Crippen LogP contribution is -2.12. The minimum absolute atomic E-state index is 0.0277. The smallest absolute Gasteiger partial charge is 0.345 e. The van der Waals surface area contributed by atoms with E-state index in [4.69, 9.17) is 27.9 Å². The number of halogens is 5. The Morgan fingerprint density at radius 3 is 2.65 bits per heavy atom. The molecular weight excluding hydrogens is 460 g/mol. The van der Waals surface area contributed by atoms with E-state index in [0.29, 0.717) is 10.9 Å². The molecule has 1 amide bonds. The van der Waals surface area contributed by atoms with Crippen LogP contribution in [0, 0.1) is 5.82 Å². The second-order valence-electron chi connectivity index (χ2n) is 6.10. The van der Waals surface area contributed by atoms with Crippen molar-refractivity contribution >= 4 is 57.2 Å². The summed E-state index contributed by atoms with van der Waals surface area (Å²) in [7, 11) is 0. The van der Waals surface area contributed by atoms with Gasteiger partial charge in [-0.15, -0.1) is 0 Å². The lowest BCUT2D eigenvalue weighted by Gasteiger charge is -2.15. The first-order valence-corrected chi connectivity index (χ1v) is 9.51.